The van der Waals surface area contributed by atoms with Gasteiger partial charge in [-0.1, -0.05) is 29.3 Å². The number of rotatable bonds is 7. The molecule has 0 aliphatic carbocycles. The molecule has 0 spiro atoms. The first kappa shape index (κ1) is 16.0. The van der Waals surface area contributed by atoms with Crippen molar-refractivity contribution in [1.82, 2.24) is 10.3 Å². The summed E-state index contributed by atoms with van der Waals surface area (Å²) < 4.78 is 5.47. The lowest BCUT2D eigenvalue weighted by Gasteiger charge is -2.15. The fourth-order valence-corrected chi connectivity index (χ4v) is 2.25. The van der Waals surface area contributed by atoms with Crippen molar-refractivity contribution in [3.8, 4) is 5.75 Å². The van der Waals surface area contributed by atoms with Crippen LogP contribution in [0.4, 0.5) is 0 Å². The van der Waals surface area contributed by atoms with Crippen molar-refractivity contribution in [3.05, 3.63) is 58.3 Å². The maximum absolute atomic E-state index is 9.88. The number of pyridine rings is 1. The summed E-state index contributed by atoms with van der Waals surface area (Å²) in [7, 11) is 0. The maximum Gasteiger partial charge on any atom is 0.156 e. The van der Waals surface area contributed by atoms with E-state index in [4.69, 9.17) is 27.9 Å². The van der Waals surface area contributed by atoms with Crippen LogP contribution in [0.2, 0.25) is 10.0 Å². The third-order valence-electron chi connectivity index (χ3n) is 2.80. The molecule has 0 saturated carbocycles. The summed E-state index contributed by atoms with van der Waals surface area (Å²) >= 11 is 12.0. The zero-order valence-electron chi connectivity index (χ0n) is 11.3. The number of aliphatic hydroxyl groups is 1. The maximum atomic E-state index is 9.88. The van der Waals surface area contributed by atoms with Gasteiger partial charge in [-0.25, -0.2) is 0 Å². The average Bonchev–Trinajstić information content (AvgIpc) is 2.48. The SMILES string of the molecule is OC(CNCc1ccncc1)COc1c(Cl)cccc1Cl. The molecule has 2 N–H and O–H groups in total. The molecule has 1 unspecified atom stereocenters. The first-order valence-electron chi connectivity index (χ1n) is 6.51. The van der Waals surface area contributed by atoms with Crippen LogP contribution in [0.5, 0.6) is 5.75 Å². The molecule has 1 heterocycles. The van der Waals surface area contributed by atoms with E-state index in [1.165, 1.54) is 0 Å². The summed E-state index contributed by atoms with van der Waals surface area (Å²) in [6.45, 7) is 1.18. The number of para-hydroxylation sites is 1. The molecular weight excluding hydrogens is 311 g/mol. The van der Waals surface area contributed by atoms with Crippen LogP contribution in [-0.4, -0.2) is 29.3 Å². The Morgan fingerprint density at radius 1 is 1.14 bits per heavy atom. The molecule has 0 saturated heterocycles. The van der Waals surface area contributed by atoms with E-state index >= 15 is 0 Å². The summed E-state index contributed by atoms with van der Waals surface area (Å²) in [5, 5.41) is 13.9. The van der Waals surface area contributed by atoms with Crippen molar-refractivity contribution in [3.63, 3.8) is 0 Å². The van der Waals surface area contributed by atoms with Crippen LogP contribution >= 0.6 is 23.2 Å². The van der Waals surface area contributed by atoms with Gasteiger partial charge >= 0.3 is 0 Å². The number of ether oxygens (including phenoxy) is 1. The van der Waals surface area contributed by atoms with Crippen molar-refractivity contribution < 1.29 is 9.84 Å². The quantitative estimate of drug-likeness (QED) is 0.821. The Morgan fingerprint density at radius 3 is 2.48 bits per heavy atom. The van der Waals surface area contributed by atoms with Gasteiger partial charge in [0.15, 0.2) is 5.75 Å². The van der Waals surface area contributed by atoms with Crippen molar-refractivity contribution in [1.29, 1.82) is 0 Å². The standard InChI is InChI=1S/C15H16Cl2N2O2/c16-13-2-1-3-14(17)15(13)21-10-12(20)9-19-8-11-4-6-18-7-5-11/h1-7,12,19-20H,8-10H2. The fraction of sp³-hybridized carbons (Fsp3) is 0.267. The molecular formula is C15H16Cl2N2O2. The minimum atomic E-state index is -0.654. The Kier molecular flexibility index (Phi) is 6.26. The molecule has 21 heavy (non-hydrogen) atoms. The predicted octanol–water partition coefficient (Wildman–Crippen LogP) is 2.92. The second-order valence-electron chi connectivity index (χ2n) is 4.50. The molecule has 0 bridgehead atoms. The summed E-state index contributed by atoms with van der Waals surface area (Å²) in [6.07, 6.45) is 2.81. The highest BCUT2D eigenvalue weighted by molar-refractivity contribution is 6.37. The van der Waals surface area contributed by atoms with Crippen molar-refractivity contribution in [2.45, 2.75) is 12.6 Å². The van der Waals surface area contributed by atoms with E-state index < -0.39 is 6.10 Å². The van der Waals surface area contributed by atoms with Gasteiger partial charge in [0.1, 0.15) is 12.7 Å². The molecule has 2 aromatic rings. The Labute approximate surface area is 133 Å². The zero-order valence-corrected chi connectivity index (χ0v) is 12.8. The zero-order chi connectivity index (χ0) is 15.1. The normalized spacial score (nSPS) is 12.1. The van der Waals surface area contributed by atoms with Gasteiger partial charge in [-0.15, -0.1) is 0 Å². The molecule has 0 aliphatic rings. The van der Waals surface area contributed by atoms with Crippen LogP contribution in [0, 0.1) is 0 Å². The lowest BCUT2D eigenvalue weighted by Crippen LogP contribution is -2.31. The van der Waals surface area contributed by atoms with Gasteiger partial charge in [0, 0.05) is 25.5 Å². The fourth-order valence-electron chi connectivity index (χ4n) is 1.74. The van der Waals surface area contributed by atoms with E-state index in [1.54, 1.807) is 30.6 Å². The number of nitrogens with zero attached hydrogens (tertiary/aromatic N) is 1. The molecule has 1 aromatic heterocycles. The Morgan fingerprint density at radius 2 is 1.81 bits per heavy atom. The summed E-state index contributed by atoms with van der Waals surface area (Å²) in [4.78, 5) is 3.95. The topological polar surface area (TPSA) is 54.4 Å². The van der Waals surface area contributed by atoms with Gasteiger partial charge in [-0.2, -0.15) is 0 Å². The largest absolute Gasteiger partial charge is 0.488 e. The van der Waals surface area contributed by atoms with Crippen molar-refractivity contribution in [2.75, 3.05) is 13.2 Å². The second kappa shape index (κ2) is 8.20. The van der Waals surface area contributed by atoms with Crippen LogP contribution in [0.1, 0.15) is 5.56 Å². The molecule has 1 atom stereocenters. The van der Waals surface area contributed by atoms with E-state index in [9.17, 15) is 5.11 Å². The number of hydrogen-bond donors (Lipinski definition) is 2. The highest BCUT2D eigenvalue weighted by atomic mass is 35.5. The lowest BCUT2D eigenvalue weighted by molar-refractivity contribution is 0.106. The van der Waals surface area contributed by atoms with Gasteiger partial charge in [0.05, 0.1) is 10.0 Å². The van der Waals surface area contributed by atoms with E-state index in [1.807, 2.05) is 12.1 Å². The summed E-state index contributed by atoms with van der Waals surface area (Å²) in [6, 6.07) is 8.96. The highest BCUT2D eigenvalue weighted by Gasteiger charge is 2.10. The van der Waals surface area contributed by atoms with Crippen molar-refractivity contribution >= 4 is 23.2 Å². The number of aliphatic hydroxyl groups excluding tert-OH is 1. The van der Waals surface area contributed by atoms with E-state index in [-0.39, 0.29) is 6.61 Å². The molecule has 6 heteroatoms. The smallest absolute Gasteiger partial charge is 0.156 e. The van der Waals surface area contributed by atoms with Crippen LogP contribution in [-0.2, 0) is 6.54 Å². The Hall–Kier alpha value is -1.33. The van der Waals surface area contributed by atoms with Gasteiger partial charge in [0.2, 0.25) is 0 Å². The summed E-state index contributed by atoms with van der Waals surface area (Å²) in [5.41, 5.74) is 1.10. The molecule has 4 nitrogen and oxygen atoms in total. The average molecular weight is 327 g/mol. The molecule has 0 amide bonds. The van der Waals surface area contributed by atoms with E-state index in [0.717, 1.165) is 5.56 Å². The van der Waals surface area contributed by atoms with Gasteiger partial charge < -0.3 is 15.2 Å². The Bertz CT molecular complexity index is 547. The second-order valence-corrected chi connectivity index (χ2v) is 5.32. The van der Waals surface area contributed by atoms with E-state index in [2.05, 4.69) is 10.3 Å². The third-order valence-corrected chi connectivity index (χ3v) is 3.39. The van der Waals surface area contributed by atoms with Crippen molar-refractivity contribution in [2.24, 2.45) is 0 Å². The van der Waals surface area contributed by atoms with Crippen LogP contribution in [0.3, 0.4) is 0 Å². The highest BCUT2D eigenvalue weighted by Crippen LogP contribution is 2.32. The number of hydrogen-bond acceptors (Lipinski definition) is 4. The first-order chi connectivity index (χ1) is 10.2. The number of nitrogens with one attached hydrogen (secondary N) is 1. The van der Waals surface area contributed by atoms with Crippen LogP contribution < -0.4 is 10.1 Å². The number of aromatic nitrogens is 1. The minimum Gasteiger partial charge on any atom is -0.488 e. The van der Waals surface area contributed by atoms with Gasteiger partial charge in [0.25, 0.3) is 0 Å². The first-order valence-corrected chi connectivity index (χ1v) is 7.27. The predicted molar refractivity (Wildman–Crippen MR) is 83.9 cm³/mol. The molecule has 0 fully saturated rings. The van der Waals surface area contributed by atoms with Gasteiger partial charge in [-0.05, 0) is 29.8 Å². The summed E-state index contributed by atoms with van der Waals surface area (Å²) in [5.74, 6) is 0.397. The van der Waals surface area contributed by atoms with E-state index in [0.29, 0.717) is 28.9 Å². The molecule has 0 radical (unpaired) electrons. The minimum absolute atomic E-state index is 0.118. The number of benzene rings is 1. The van der Waals surface area contributed by atoms with Gasteiger partial charge in [-0.3, -0.25) is 4.98 Å². The molecule has 2 rings (SSSR count). The van der Waals surface area contributed by atoms with Crippen LogP contribution in [0.25, 0.3) is 0 Å². The lowest BCUT2D eigenvalue weighted by atomic mass is 10.2. The molecule has 0 aliphatic heterocycles. The molecule has 112 valence electrons. The van der Waals surface area contributed by atoms with Crippen LogP contribution in [0.15, 0.2) is 42.7 Å². The molecule has 1 aromatic carbocycles. The number of halogens is 2. The monoisotopic (exact) mass is 326 g/mol. The third kappa shape index (κ3) is 5.17. The Balaban J connectivity index is 1.74.